The van der Waals surface area contributed by atoms with E-state index in [9.17, 15) is 9.59 Å². The molecule has 0 unspecified atom stereocenters. The number of hydrogen-bond donors (Lipinski definition) is 1. The van der Waals surface area contributed by atoms with Crippen molar-refractivity contribution < 1.29 is 19.1 Å². The molecule has 2 aromatic carbocycles. The van der Waals surface area contributed by atoms with Crippen molar-refractivity contribution in [2.75, 3.05) is 19.0 Å². The number of hydrogen-bond acceptors (Lipinski definition) is 5. The van der Waals surface area contributed by atoms with Crippen LogP contribution in [0.5, 0.6) is 5.75 Å². The number of ether oxygens (including phenoxy) is 2. The van der Waals surface area contributed by atoms with Gasteiger partial charge in [0, 0.05) is 11.1 Å². The van der Waals surface area contributed by atoms with Crippen LogP contribution in [0, 0.1) is 0 Å². The van der Waals surface area contributed by atoms with E-state index in [1.54, 1.807) is 36.4 Å². The third-order valence-electron chi connectivity index (χ3n) is 3.50. The van der Waals surface area contributed by atoms with Gasteiger partial charge in [0.15, 0.2) is 6.61 Å². The molecular formula is C18H13Cl2NO4S. The Morgan fingerprint density at radius 2 is 1.81 bits per heavy atom. The second-order valence-corrected chi connectivity index (χ2v) is 6.97. The normalized spacial score (nSPS) is 10.6. The molecule has 0 aliphatic rings. The molecule has 0 bridgehead atoms. The molecule has 0 atom stereocenters. The first-order valence-corrected chi connectivity index (χ1v) is 9.05. The fraction of sp³-hybridized carbons (Fsp3) is 0.111. The Labute approximate surface area is 163 Å². The summed E-state index contributed by atoms with van der Waals surface area (Å²) >= 11 is 13.6. The summed E-state index contributed by atoms with van der Waals surface area (Å²) in [6.45, 7) is -0.421. The van der Waals surface area contributed by atoms with Gasteiger partial charge in [0.2, 0.25) is 0 Å². The summed E-state index contributed by atoms with van der Waals surface area (Å²) in [7, 11) is 1.50. The Kier molecular flexibility index (Phi) is 5.66. The third-order valence-corrected chi connectivity index (χ3v) is 5.69. The molecule has 8 heteroatoms. The minimum atomic E-state index is -0.686. The maximum Gasteiger partial charge on any atom is 0.350 e. The Hall–Kier alpha value is -2.28. The topological polar surface area (TPSA) is 64.6 Å². The van der Waals surface area contributed by atoms with Crippen LogP contribution in [0.15, 0.2) is 42.5 Å². The van der Waals surface area contributed by atoms with Crippen LogP contribution in [-0.4, -0.2) is 25.6 Å². The van der Waals surface area contributed by atoms with Gasteiger partial charge in [0.05, 0.1) is 16.8 Å². The highest BCUT2D eigenvalue weighted by Gasteiger charge is 2.22. The second kappa shape index (κ2) is 7.95. The van der Waals surface area contributed by atoms with E-state index in [0.29, 0.717) is 26.5 Å². The van der Waals surface area contributed by atoms with Gasteiger partial charge in [-0.25, -0.2) is 4.79 Å². The number of fused-ring (bicyclic) bond motifs is 1. The highest BCUT2D eigenvalue weighted by Crippen LogP contribution is 2.43. The molecule has 0 aliphatic carbocycles. The number of esters is 1. The molecule has 5 nitrogen and oxygen atoms in total. The lowest BCUT2D eigenvalue weighted by atomic mass is 10.2. The van der Waals surface area contributed by atoms with Crippen molar-refractivity contribution in [2.24, 2.45) is 0 Å². The molecule has 1 N–H and O–H groups in total. The van der Waals surface area contributed by atoms with Crippen LogP contribution in [0.25, 0.3) is 10.1 Å². The van der Waals surface area contributed by atoms with E-state index >= 15 is 0 Å². The number of anilines is 1. The minimum absolute atomic E-state index is 0.185. The minimum Gasteiger partial charge on any atom is -0.495 e. The Balaban J connectivity index is 1.73. The monoisotopic (exact) mass is 409 g/mol. The van der Waals surface area contributed by atoms with Gasteiger partial charge < -0.3 is 14.8 Å². The van der Waals surface area contributed by atoms with E-state index < -0.39 is 18.5 Å². The number of carbonyl (C=O) groups excluding carboxylic acids is 2. The number of carbonyl (C=O) groups is 2. The Morgan fingerprint density at radius 3 is 2.50 bits per heavy atom. The molecule has 0 saturated carbocycles. The van der Waals surface area contributed by atoms with Crippen LogP contribution < -0.4 is 10.1 Å². The first-order valence-electron chi connectivity index (χ1n) is 7.47. The lowest BCUT2D eigenvalue weighted by Crippen LogP contribution is -2.20. The van der Waals surface area contributed by atoms with Gasteiger partial charge in [-0.15, -0.1) is 11.3 Å². The lowest BCUT2D eigenvalue weighted by Gasteiger charge is -2.05. The molecule has 26 heavy (non-hydrogen) atoms. The van der Waals surface area contributed by atoms with Crippen molar-refractivity contribution in [3.8, 4) is 5.75 Å². The first kappa shape index (κ1) is 18.5. The molecule has 1 heterocycles. The number of para-hydroxylation sites is 1. The van der Waals surface area contributed by atoms with E-state index in [-0.39, 0.29) is 9.90 Å². The zero-order valence-electron chi connectivity index (χ0n) is 13.5. The van der Waals surface area contributed by atoms with Crippen LogP contribution in [0.2, 0.25) is 10.0 Å². The second-order valence-electron chi connectivity index (χ2n) is 5.19. The smallest absolute Gasteiger partial charge is 0.350 e. The van der Waals surface area contributed by atoms with Crippen molar-refractivity contribution in [3.05, 3.63) is 57.4 Å². The molecule has 0 radical (unpaired) electrons. The maximum atomic E-state index is 12.3. The van der Waals surface area contributed by atoms with Crippen molar-refractivity contribution in [3.63, 3.8) is 0 Å². The maximum absolute atomic E-state index is 12.3. The predicted molar refractivity (Wildman–Crippen MR) is 104 cm³/mol. The average Bonchev–Trinajstić information content (AvgIpc) is 2.99. The summed E-state index contributed by atoms with van der Waals surface area (Å²) in [5.74, 6) is -0.643. The Morgan fingerprint density at radius 1 is 1.08 bits per heavy atom. The van der Waals surface area contributed by atoms with Crippen LogP contribution in [0.4, 0.5) is 5.69 Å². The molecule has 3 aromatic rings. The van der Waals surface area contributed by atoms with Gasteiger partial charge >= 0.3 is 5.97 Å². The van der Waals surface area contributed by atoms with Crippen LogP contribution in [0.1, 0.15) is 9.67 Å². The summed E-state index contributed by atoms with van der Waals surface area (Å²) in [5.41, 5.74) is 0.618. The highest BCUT2D eigenvalue weighted by molar-refractivity contribution is 7.22. The number of halogens is 2. The average molecular weight is 410 g/mol. The number of amides is 1. The number of nitrogens with one attached hydrogen (secondary N) is 1. The zero-order chi connectivity index (χ0) is 18.7. The van der Waals surface area contributed by atoms with E-state index in [2.05, 4.69) is 5.32 Å². The number of thiophene rings is 1. The zero-order valence-corrected chi connectivity index (χ0v) is 15.9. The van der Waals surface area contributed by atoms with Gasteiger partial charge in [-0.2, -0.15) is 0 Å². The van der Waals surface area contributed by atoms with Crippen LogP contribution in [0.3, 0.4) is 0 Å². The van der Waals surface area contributed by atoms with Crippen molar-refractivity contribution in [2.45, 2.75) is 0 Å². The van der Waals surface area contributed by atoms with Crippen LogP contribution in [-0.2, 0) is 9.53 Å². The fourth-order valence-electron chi connectivity index (χ4n) is 2.28. The largest absolute Gasteiger partial charge is 0.495 e. The molecule has 0 saturated heterocycles. The van der Waals surface area contributed by atoms with Gasteiger partial charge in [-0.3, -0.25) is 4.79 Å². The van der Waals surface area contributed by atoms with Gasteiger partial charge in [-0.05, 0) is 24.3 Å². The predicted octanol–water partition coefficient (Wildman–Crippen LogP) is 5.01. The number of methoxy groups -OCH3 is 1. The molecule has 0 aliphatic heterocycles. The fourth-order valence-corrected chi connectivity index (χ4v) is 4.06. The van der Waals surface area contributed by atoms with E-state index in [1.165, 1.54) is 7.11 Å². The van der Waals surface area contributed by atoms with Crippen molar-refractivity contribution >= 4 is 62.2 Å². The number of benzene rings is 2. The summed E-state index contributed by atoms with van der Waals surface area (Å²) in [4.78, 5) is 24.4. The van der Waals surface area contributed by atoms with E-state index in [0.717, 1.165) is 11.3 Å². The molecular weight excluding hydrogens is 397 g/mol. The van der Waals surface area contributed by atoms with Gasteiger partial charge in [0.25, 0.3) is 5.91 Å². The molecule has 134 valence electrons. The SMILES string of the molecule is COc1ccc2c(Cl)c(C(=O)OCC(=O)Nc3ccccc3)sc2c1Cl. The summed E-state index contributed by atoms with van der Waals surface area (Å²) in [6, 6.07) is 12.3. The van der Waals surface area contributed by atoms with Gasteiger partial charge in [0.1, 0.15) is 15.6 Å². The molecule has 3 rings (SSSR count). The lowest BCUT2D eigenvalue weighted by molar-refractivity contribution is -0.119. The molecule has 1 amide bonds. The summed E-state index contributed by atoms with van der Waals surface area (Å²) in [5, 5.41) is 3.87. The highest BCUT2D eigenvalue weighted by atomic mass is 35.5. The van der Waals surface area contributed by atoms with Crippen LogP contribution >= 0.6 is 34.5 Å². The molecule has 0 spiro atoms. The molecule has 1 aromatic heterocycles. The third kappa shape index (κ3) is 3.77. The Bertz CT molecular complexity index is 972. The van der Waals surface area contributed by atoms with Crippen molar-refractivity contribution in [1.82, 2.24) is 0 Å². The number of rotatable bonds is 5. The first-order chi connectivity index (χ1) is 12.5. The molecule has 0 fully saturated rings. The van der Waals surface area contributed by atoms with E-state index in [1.807, 2.05) is 6.07 Å². The van der Waals surface area contributed by atoms with E-state index in [4.69, 9.17) is 32.7 Å². The standard InChI is InChI=1S/C18H13Cl2NO4S/c1-24-12-8-7-11-14(19)17(26-16(11)15(12)20)18(23)25-9-13(22)21-10-5-3-2-4-6-10/h2-8H,9H2,1H3,(H,21,22). The summed E-state index contributed by atoms with van der Waals surface area (Å²) in [6.07, 6.45) is 0. The van der Waals surface area contributed by atoms with Gasteiger partial charge in [-0.1, -0.05) is 41.4 Å². The quantitative estimate of drug-likeness (QED) is 0.601. The van der Waals surface area contributed by atoms with Crippen molar-refractivity contribution in [1.29, 1.82) is 0 Å². The summed E-state index contributed by atoms with van der Waals surface area (Å²) < 4.78 is 10.9.